The summed E-state index contributed by atoms with van der Waals surface area (Å²) in [7, 11) is 0. The Morgan fingerprint density at radius 3 is 2.59 bits per heavy atom. The van der Waals surface area contributed by atoms with Gasteiger partial charge >= 0.3 is 12.0 Å². The number of carboxylic acids is 1. The first-order valence-corrected chi connectivity index (χ1v) is 4.96. The zero-order valence-corrected chi connectivity index (χ0v) is 9.45. The fourth-order valence-corrected chi connectivity index (χ4v) is 1.10. The number of hydrogen-bond donors (Lipinski definition) is 3. The summed E-state index contributed by atoms with van der Waals surface area (Å²) < 4.78 is 13.2. The Balaban J connectivity index is 2.62. The molecule has 0 aliphatic heterocycles. The van der Waals surface area contributed by atoms with E-state index in [0.717, 1.165) is 0 Å². The van der Waals surface area contributed by atoms with Gasteiger partial charge in [-0.25, -0.2) is 9.18 Å². The number of carbonyl (C=O) groups excluding carboxylic acids is 1. The minimum Gasteiger partial charge on any atom is -0.480 e. The minimum atomic E-state index is -1.14. The Morgan fingerprint density at radius 2 is 2.06 bits per heavy atom. The molecule has 0 aliphatic rings. The molecule has 0 fully saturated rings. The van der Waals surface area contributed by atoms with Gasteiger partial charge in [0.25, 0.3) is 0 Å². The van der Waals surface area contributed by atoms with Crippen LogP contribution < -0.4 is 10.6 Å². The summed E-state index contributed by atoms with van der Waals surface area (Å²) in [6, 6.07) is 2.52. The molecule has 1 aromatic carbocycles. The predicted molar refractivity (Wildman–Crippen MR) is 60.4 cm³/mol. The highest BCUT2D eigenvalue weighted by Gasteiger charge is 2.13. The summed E-state index contributed by atoms with van der Waals surface area (Å²) in [6.07, 6.45) is 0. The molecule has 1 unspecified atom stereocenters. The van der Waals surface area contributed by atoms with Gasteiger partial charge in [0.05, 0.1) is 0 Å². The molecule has 6 heteroatoms. The second-order valence-electron chi connectivity index (χ2n) is 3.62. The maximum absolute atomic E-state index is 13.2. The molecular weight excluding hydrogens is 227 g/mol. The summed E-state index contributed by atoms with van der Waals surface area (Å²) in [5.41, 5.74) is 0.734. The van der Waals surface area contributed by atoms with E-state index in [2.05, 4.69) is 10.6 Å². The minimum absolute atomic E-state index is 0.267. The van der Waals surface area contributed by atoms with Crippen LogP contribution in [0, 0.1) is 12.7 Å². The number of urea groups is 1. The number of amides is 2. The predicted octanol–water partition coefficient (Wildman–Crippen LogP) is 1.73. The van der Waals surface area contributed by atoms with Crippen molar-refractivity contribution in [2.75, 3.05) is 5.32 Å². The highest BCUT2D eigenvalue weighted by molar-refractivity contribution is 5.92. The fourth-order valence-electron chi connectivity index (χ4n) is 1.10. The summed E-state index contributed by atoms with van der Waals surface area (Å²) in [5.74, 6) is -1.58. The smallest absolute Gasteiger partial charge is 0.325 e. The van der Waals surface area contributed by atoms with Gasteiger partial charge in [-0.15, -0.1) is 0 Å². The Morgan fingerprint density at radius 1 is 1.41 bits per heavy atom. The molecule has 5 nitrogen and oxygen atoms in total. The van der Waals surface area contributed by atoms with Crippen LogP contribution in [0.5, 0.6) is 0 Å². The molecule has 2 amide bonds. The van der Waals surface area contributed by atoms with Gasteiger partial charge in [0.1, 0.15) is 11.9 Å². The first kappa shape index (κ1) is 13.0. The average molecular weight is 240 g/mol. The second-order valence-corrected chi connectivity index (χ2v) is 3.62. The van der Waals surface area contributed by atoms with Crippen molar-refractivity contribution in [1.82, 2.24) is 5.32 Å². The van der Waals surface area contributed by atoms with Gasteiger partial charge in [-0.2, -0.15) is 0 Å². The number of nitrogens with one attached hydrogen (secondary N) is 2. The molecule has 0 radical (unpaired) electrons. The van der Waals surface area contributed by atoms with Crippen LogP contribution in [-0.4, -0.2) is 23.1 Å². The first-order valence-electron chi connectivity index (χ1n) is 4.96. The van der Waals surface area contributed by atoms with Crippen LogP contribution in [0.1, 0.15) is 12.5 Å². The molecule has 92 valence electrons. The van der Waals surface area contributed by atoms with Crippen molar-refractivity contribution in [3.05, 3.63) is 29.6 Å². The molecule has 0 saturated carbocycles. The third kappa shape index (κ3) is 3.75. The monoisotopic (exact) mass is 240 g/mol. The number of carbonyl (C=O) groups is 2. The van der Waals surface area contributed by atoms with Crippen LogP contribution in [0.25, 0.3) is 0 Å². The second kappa shape index (κ2) is 5.29. The van der Waals surface area contributed by atoms with Crippen molar-refractivity contribution >= 4 is 17.7 Å². The quantitative estimate of drug-likeness (QED) is 0.752. The maximum atomic E-state index is 13.2. The number of rotatable bonds is 3. The van der Waals surface area contributed by atoms with Gasteiger partial charge in [0.15, 0.2) is 0 Å². The molecular formula is C11H13FN2O3. The van der Waals surface area contributed by atoms with E-state index in [1.165, 1.54) is 25.1 Å². The van der Waals surface area contributed by atoms with Crippen molar-refractivity contribution in [2.24, 2.45) is 0 Å². The molecule has 1 rings (SSSR count). The number of aryl methyl sites for hydroxylation is 1. The molecule has 1 atom stereocenters. The lowest BCUT2D eigenvalue weighted by atomic mass is 10.2. The SMILES string of the molecule is Cc1ccc(NC(=O)NC(C)C(=O)O)cc1F. The summed E-state index contributed by atoms with van der Waals surface area (Å²) in [4.78, 5) is 21.8. The third-order valence-electron chi connectivity index (χ3n) is 2.15. The lowest BCUT2D eigenvalue weighted by molar-refractivity contribution is -0.138. The first-order chi connectivity index (χ1) is 7.90. The molecule has 0 heterocycles. The van der Waals surface area contributed by atoms with Crippen LogP contribution in [-0.2, 0) is 4.79 Å². The van der Waals surface area contributed by atoms with Crippen molar-refractivity contribution in [3.63, 3.8) is 0 Å². The summed E-state index contributed by atoms with van der Waals surface area (Å²) in [6.45, 7) is 2.93. The largest absolute Gasteiger partial charge is 0.480 e. The zero-order valence-electron chi connectivity index (χ0n) is 9.45. The van der Waals surface area contributed by atoms with Crippen molar-refractivity contribution < 1.29 is 19.1 Å². The normalized spacial score (nSPS) is 11.7. The van der Waals surface area contributed by atoms with Gasteiger partial charge < -0.3 is 15.7 Å². The van der Waals surface area contributed by atoms with Crippen LogP contribution in [0.2, 0.25) is 0 Å². The third-order valence-corrected chi connectivity index (χ3v) is 2.15. The van der Waals surface area contributed by atoms with Crippen LogP contribution >= 0.6 is 0 Å². The Hall–Kier alpha value is -2.11. The van der Waals surface area contributed by atoms with Gasteiger partial charge in [0, 0.05) is 5.69 Å². The van der Waals surface area contributed by atoms with E-state index >= 15 is 0 Å². The van der Waals surface area contributed by atoms with E-state index in [9.17, 15) is 14.0 Å². The Kier molecular flexibility index (Phi) is 4.03. The fraction of sp³-hybridized carbons (Fsp3) is 0.273. The van der Waals surface area contributed by atoms with E-state index in [-0.39, 0.29) is 5.69 Å². The van der Waals surface area contributed by atoms with Gasteiger partial charge in [0.2, 0.25) is 0 Å². The maximum Gasteiger partial charge on any atom is 0.325 e. The Bertz CT molecular complexity index is 448. The van der Waals surface area contributed by atoms with E-state index < -0.39 is 23.9 Å². The molecule has 0 aliphatic carbocycles. The summed E-state index contributed by atoms with van der Waals surface area (Å²) >= 11 is 0. The number of benzene rings is 1. The molecule has 0 saturated heterocycles. The summed E-state index contributed by atoms with van der Waals surface area (Å²) in [5, 5.41) is 13.1. The standard InChI is InChI=1S/C11H13FN2O3/c1-6-3-4-8(5-9(6)12)14-11(17)13-7(2)10(15)16/h3-5,7H,1-2H3,(H,15,16)(H2,13,14,17). The van der Waals surface area contributed by atoms with Crippen molar-refractivity contribution in [3.8, 4) is 0 Å². The number of carboxylic acid groups (broad SMARTS) is 1. The topological polar surface area (TPSA) is 78.4 Å². The van der Waals surface area contributed by atoms with Crippen molar-refractivity contribution in [1.29, 1.82) is 0 Å². The lowest BCUT2D eigenvalue weighted by Gasteiger charge is -2.11. The van der Waals surface area contributed by atoms with Gasteiger partial charge in [-0.05, 0) is 31.5 Å². The lowest BCUT2D eigenvalue weighted by Crippen LogP contribution is -2.40. The number of anilines is 1. The van der Waals surface area contributed by atoms with Gasteiger partial charge in [-0.1, -0.05) is 6.07 Å². The molecule has 1 aromatic rings. The van der Waals surface area contributed by atoms with Crippen LogP contribution in [0.4, 0.5) is 14.9 Å². The van der Waals surface area contributed by atoms with Gasteiger partial charge in [-0.3, -0.25) is 4.79 Å². The number of hydrogen-bond acceptors (Lipinski definition) is 2. The Labute approximate surface area is 97.6 Å². The van der Waals surface area contributed by atoms with Crippen LogP contribution in [0.3, 0.4) is 0 Å². The average Bonchev–Trinajstić information content (AvgIpc) is 2.23. The molecule has 3 N–H and O–H groups in total. The zero-order chi connectivity index (χ0) is 13.0. The van der Waals surface area contributed by atoms with E-state index in [0.29, 0.717) is 5.56 Å². The van der Waals surface area contributed by atoms with Crippen molar-refractivity contribution in [2.45, 2.75) is 19.9 Å². The molecule has 0 spiro atoms. The molecule has 0 bridgehead atoms. The molecule has 0 aromatic heterocycles. The van der Waals surface area contributed by atoms with E-state index in [4.69, 9.17) is 5.11 Å². The molecule has 17 heavy (non-hydrogen) atoms. The highest BCUT2D eigenvalue weighted by atomic mass is 19.1. The van der Waals surface area contributed by atoms with E-state index in [1.54, 1.807) is 6.92 Å². The number of halogens is 1. The van der Waals surface area contributed by atoms with Crippen LogP contribution in [0.15, 0.2) is 18.2 Å². The van der Waals surface area contributed by atoms with E-state index in [1.807, 2.05) is 0 Å². The highest BCUT2D eigenvalue weighted by Crippen LogP contribution is 2.13. The number of aliphatic carboxylic acids is 1.